The van der Waals surface area contributed by atoms with Crippen LogP contribution in [0.3, 0.4) is 0 Å². The van der Waals surface area contributed by atoms with Gasteiger partial charge in [-0.05, 0) is 6.42 Å². The van der Waals surface area contributed by atoms with Crippen LogP contribution in [0.1, 0.15) is 12.8 Å². The van der Waals surface area contributed by atoms with E-state index in [1.165, 1.54) is 0 Å². The molecule has 2 saturated heterocycles. The van der Waals surface area contributed by atoms with Gasteiger partial charge in [0, 0.05) is 13.0 Å². The van der Waals surface area contributed by atoms with Gasteiger partial charge in [0.1, 0.15) is 6.04 Å². The molecule has 2 heterocycles. The van der Waals surface area contributed by atoms with Gasteiger partial charge in [-0.2, -0.15) is 0 Å². The Morgan fingerprint density at radius 1 is 1.62 bits per heavy atom. The van der Waals surface area contributed by atoms with E-state index in [0.717, 1.165) is 0 Å². The van der Waals surface area contributed by atoms with E-state index < -0.39 is 6.04 Å². The van der Waals surface area contributed by atoms with Crippen molar-refractivity contribution in [3.63, 3.8) is 0 Å². The highest BCUT2D eigenvalue weighted by molar-refractivity contribution is 5.91. The van der Waals surface area contributed by atoms with Crippen molar-refractivity contribution in [2.24, 2.45) is 0 Å². The first-order valence-corrected chi connectivity index (χ1v) is 5.51. The SMILES string of the molecule is O=C1CC[C@H](C(=O)N2CCOCC2CO)N1. The lowest BCUT2D eigenvalue weighted by Crippen LogP contribution is -2.55. The van der Waals surface area contributed by atoms with E-state index in [2.05, 4.69) is 5.32 Å². The Morgan fingerprint density at radius 2 is 2.44 bits per heavy atom. The molecule has 1 unspecified atom stereocenters. The molecule has 0 aromatic rings. The maximum absolute atomic E-state index is 12.1. The number of ether oxygens (including phenoxy) is 1. The van der Waals surface area contributed by atoms with Gasteiger partial charge in [0.15, 0.2) is 0 Å². The molecule has 0 aromatic carbocycles. The molecule has 0 aliphatic carbocycles. The smallest absolute Gasteiger partial charge is 0.245 e. The number of carbonyl (C=O) groups is 2. The van der Waals surface area contributed by atoms with Crippen LogP contribution < -0.4 is 5.32 Å². The summed E-state index contributed by atoms with van der Waals surface area (Å²) in [5.41, 5.74) is 0. The average molecular weight is 228 g/mol. The quantitative estimate of drug-likeness (QED) is 0.602. The van der Waals surface area contributed by atoms with Crippen molar-refractivity contribution in [3.05, 3.63) is 0 Å². The van der Waals surface area contributed by atoms with Crippen molar-refractivity contribution < 1.29 is 19.4 Å². The summed E-state index contributed by atoms with van der Waals surface area (Å²) in [6, 6.07) is -0.696. The lowest BCUT2D eigenvalue weighted by Gasteiger charge is -2.35. The summed E-state index contributed by atoms with van der Waals surface area (Å²) in [4.78, 5) is 24.7. The van der Waals surface area contributed by atoms with Crippen LogP contribution in [0.2, 0.25) is 0 Å². The van der Waals surface area contributed by atoms with Crippen LogP contribution in [-0.2, 0) is 14.3 Å². The van der Waals surface area contributed by atoms with Crippen molar-refractivity contribution >= 4 is 11.8 Å². The van der Waals surface area contributed by atoms with E-state index in [1.54, 1.807) is 4.90 Å². The predicted molar refractivity (Wildman–Crippen MR) is 54.6 cm³/mol. The van der Waals surface area contributed by atoms with E-state index in [-0.39, 0.29) is 24.5 Å². The fourth-order valence-corrected chi connectivity index (χ4v) is 2.10. The Hall–Kier alpha value is -1.14. The standard InChI is InChI=1S/C10H16N2O4/c13-5-7-6-16-4-3-12(7)10(15)8-1-2-9(14)11-8/h7-8,13H,1-6H2,(H,11,14)/t7?,8-/m1/s1. The van der Waals surface area contributed by atoms with E-state index >= 15 is 0 Å². The summed E-state index contributed by atoms with van der Waals surface area (Å²) in [6.07, 6.45) is 0.956. The van der Waals surface area contributed by atoms with E-state index in [0.29, 0.717) is 32.6 Å². The molecule has 6 heteroatoms. The molecule has 0 spiro atoms. The summed E-state index contributed by atoms with van der Waals surface area (Å²) in [6.45, 7) is 1.23. The molecule has 16 heavy (non-hydrogen) atoms. The second-order valence-electron chi connectivity index (χ2n) is 4.10. The summed E-state index contributed by atoms with van der Waals surface area (Å²) in [5.74, 6) is -0.180. The zero-order chi connectivity index (χ0) is 11.5. The highest BCUT2D eigenvalue weighted by Crippen LogP contribution is 2.14. The fraction of sp³-hybridized carbons (Fsp3) is 0.800. The number of carbonyl (C=O) groups excluding carboxylic acids is 2. The summed E-state index contributed by atoms with van der Waals surface area (Å²) >= 11 is 0. The molecule has 2 N–H and O–H groups in total. The molecule has 2 aliphatic rings. The molecule has 2 atom stereocenters. The fourth-order valence-electron chi connectivity index (χ4n) is 2.10. The van der Waals surface area contributed by atoms with Gasteiger partial charge in [0.05, 0.1) is 25.9 Å². The van der Waals surface area contributed by atoms with Gasteiger partial charge in [-0.3, -0.25) is 9.59 Å². The number of hydrogen-bond acceptors (Lipinski definition) is 4. The Labute approximate surface area is 93.6 Å². The number of aliphatic hydroxyl groups excluding tert-OH is 1. The number of amides is 2. The van der Waals surface area contributed by atoms with Crippen LogP contribution in [-0.4, -0.2) is 60.3 Å². The number of aliphatic hydroxyl groups is 1. The first-order valence-electron chi connectivity index (χ1n) is 5.51. The maximum atomic E-state index is 12.1. The molecule has 90 valence electrons. The lowest BCUT2D eigenvalue weighted by atomic mass is 10.1. The van der Waals surface area contributed by atoms with E-state index in [4.69, 9.17) is 9.84 Å². The largest absolute Gasteiger partial charge is 0.394 e. The minimum absolute atomic E-state index is 0.0767. The molecule has 0 aromatic heterocycles. The van der Waals surface area contributed by atoms with Crippen molar-refractivity contribution in [1.82, 2.24) is 10.2 Å². The van der Waals surface area contributed by atoms with Crippen molar-refractivity contribution in [2.45, 2.75) is 24.9 Å². The topological polar surface area (TPSA) is 78.9 Å². The monoisotopic (exact) mass is 228 g/mol. The van der Waals surface area contributed by atoms with Gasteiger partial charge in [0.2, 0.25) is 11.8 Å². The van der Waals surface area contributed by atoms with Gasteiger partial charge >= 0.3 is 0 Å². The zero-order valence-electron chi connectivity index (χ0n) is 9.02. The first kappa shape index (κ1) is 11.3. The molecule has 2 aliphatic heterocycles. The van der Waals surface area contributed by atoms with Gasteiger partial charge in [-0.1, -0.05) is 0 Å². The summed E-state index contributed by atoms with van der Waals surface area (Å²) in [5, 5.41) is 11.8. The third-order valence-corrected chi connectivity index (χ3v) is 3.01. The third-order valence-electron chi connectivity index (χ3n) is 3.01. The van der Waals surface area contributed by atoms with Crippen LogP contribution in [0, 0.1) is 0 Å². The van der Waals surface area contributed by atoms with Crippen molar-refractivity contribution in [2.75, 3.05) is 26.4 Å². The van der Waals surface area contributed by atoms with Gasteiger partial charge < -0.3 is 20.1 Å². The molecule has 0 bridgehead atoms. The van der Waals surface area contributed by atoms with Crippen LogP contribution >= 0.6 is 0 Å². The van der Waals surface area contributed by atoms with E-state index in [1.807, 2.05) is 0 Å². The second kappa shape index (κ2) is 4.80. The minimum Gasteiger partial charge on any atom is -0.394 e. The number of nitrogens with zero attached hydrogens (tertiary/aromatic N) is 1. The highest BCUT2D eigenvalue weighted by Gasteiger charge is 2.35. The molecule has 2 rings (SSSR count). The molecule has 2 fully saturated rings. The Balaban J connectivity index is 1.99. The van der Waals surface area contributed by atoms with Crippen LogP contribution in [0.15, 0.2) is 0 Å². The van der Waals surface area contributed by atoms with Crippen LogP contribution in [0.5, 0.6) is 0 Å². The minimum atomic E-state index is -0.417. The van der Waals surface area contributed by atoms with Gasteiger partial charge in [0.25, 0.3) is 0 Å². The van der Waals surface area contributed by atoms with Crippen molar-refractivity contribution in [3.8, 4) is 0 Å². The third kappa shape index (κ3) is 2.17. The average Bonchev–Trinajstić information content (AvgIpc) is 2.75. The number of morpholine rings is 1. The zero-order valence-corrected chi connectivity index (χ0v) is 9.02. The first-order chi connectivity index (χ1) is 7.72. The molecular weight excluding hydrogens is 212 g/mol. The lowest BCUT2D eigenvalue weighted by molar-refractivity contribution is -0.144. The molecule has 0 saturated carbocycles. The predicted octanol–water partition coefficient (Wildman–Crippen LogP) is -1.52. The van der Waals surface area contributed by atoms with E-state index in [9.17, 15) is 9.59 Å². The molecule has 6 nitrogen and oxygen atoms in total. The summed E-state index contributed by atoms with van der Waals surface area (Å²) in [7, 11) is 0. The molecule has 0 radical (unpaired) electrons. The van der Waals surface area contributed by atoms with Crippen LogP contribution in [0.25, 0.3) is 0 Å². The normalized spacial score (nSPS) is 30.3. The van der Waals surface area contributed by atoms with Crippen LogP contribution in [0.4, 0.5) is 0 Å². The second-order valence-corrected chi connectivity index (χ2v) is 4.10. The van der Waals surface area contributed by atoms with Gasteiger partial charge in [-0.25, -0.2) is 0 Å². The number of hydrogen-bond donors (Lipinski definition) is 2. The Kier molecular flexibility index (Phi) is 3.40. The van der Waals surface area contributed by atoms with Gasteiger partial charge in [-0.15, -0.1) is 0 Å². The molecular formula is C10H16N2O4. The summed E-state index contributed by atoms with van der Waals surface area (Å²) < 4.78 is 5.20. The Bertz CT molecular complexity index is 295. The highest BCUT2D eigenvalue weighted by atomic mass is 16.5. The van der Waals surface area contributed by atoms with Crippen molar-refractivity contribution in [1.29, 1.82) is 0 Å². The number of nitrogens with one attached hydrogen (secondary N) is 1. The Morgan fingerprint density at radius 3 is 3.06 bits per heavy atom. The maximum Gasteiger partial charge on any atom is 0.245 e. The number of rotatable bonds is 2. The molecule has 2 amide bonds.